The molecule has 0 atom stereocenters. The third-order valence-electron chi connectivity index (χ3n) is 2.66. The zero-order chi connectivity index (χ0) is 12.9. The van der Waals surface area contributed by atoms with Crippen LogP contribution in [-0.2, 0) is 0 Å². The van der Waals surface area contributed by atoms with Crippen LogP contribution in [-0.4, -0.2) is 25.3 Å². The van der Waals surface area contributed by atoms with Crippen molar-refractivity contribution in [3.05, 3.63) is 42.5 Å². The molecule has 2 nitrogen and oxygen atoms in total. The standard InChI is InChI=1S/C8H8.C6H13N.CH4O/c1-2-8-6-4-3-5-7-8;1-6-2-4-7-5-3-6;1-2/h2-7H,1H2;6-7H,2-5H2,1H3;2H,1H3. The summed E-state index contributed by atoms with van der Waals surface area (Å²) in [6.07, 6.45) is 4.58. The molecule has 1 fully saturated rings. The fourth-order valence-corrected chi connectivity index (χ4v) is 1.56. The maximum atomic E-state index is 7.00. The van der Waals surface area contributed by atoms with Crippen molar-refractivity contribution in [1.82, 2.24) is 5.32 Å². The average Bonchev–Trinajstić information content (AvgIpc) is 2.43. The Bertz CT molecular complexity index is 266. The van der Waals surface area contributed by atoms with Gasteiger partial charge in [-0.05, 0) is 37.4 Å². The molecule has 2 rings (SSSR count). The Morgan fingerprint density at radius 2 is 1.71 bits per heavy atom. The van der Waals surface area contributed by atoms with E-state index in [1.54, 1.807) is 0 Å². The van der Waals surface area contributed by atoms with E-state index in [2.05, 4.69) is 18.8 Å². The van der Waals surface area contributed by atoms with Crippen molar-refractivity contribution in [1.29, 1.82) is 0 Å². The van der Waals surface area contributed by atoms with Gasteiger partial charge >= 0.3 is 0 Å². The molecule has 0 amide bonds. The van der Waals surface area contributed by atoms with Crippen molar-refractivity contribution in [3.8, 4) is 0 Å². The lowest BCUT2D eigenvalue weighted by atomic mass is 10.0. The predicted octanol–water partition coefficient (Wildman–Crippen LogP) is 2.94. The van der Waals surface area contributed by atoms with Gasteiger partial charge in [-0.25, -0.2) is 0 Å². The van der Waals surface area contributed by atoms with Crippen molar-refractivity contribution in [2.24, 2.45) is 5.92 Å². The summed E-state index contributed by atoms with van der Waals surface area (Å²) in [5.74, 6) is 0.973. The molecular weight excluding hydrogens is 210 g/mol. The smallest absolute Gasteiger partial charge is 0.0319 e. The quantitative estimate of drug-likeness (QED) is 0.784. The molecule has 17 heavy (non-hydrogen) atoms. The van der Waals surface area contributed by atoms with Crippen LogP contribution >= 0.6 is 0 Å². The minimum Gasteiger partial charge on any atom is -0.400 e. The second-order valence-corrected chi connectivity index (χ2v) is 4.05. The van der Waals surface area contributed by atoms with E-state index in [1.165, 1.54) is 31.5 Å². The summed E-state index contributed by atoms with van der Waals surface area (Å²) in [6.45, 7) is 8.43. The number of rotatable bonds is 1. The highest BCUT2D eigenvalue weighted by Gasteiger charge is 2.04. The van der Waals surface area contributed by atoms with Crippen molar-refractivity contribution in [2.75, 3.05) is 20.2 Å². The van der Waals surface area contributed by atoms with Crippen LogP contribution in [0.2, 0.25) is 0 Å². The number of hydrogen-bond acceptors (Lipinski definition) is 2. The van der Waals surface area contributed by atoms with Gasteiger partial charge in [0, 0.05) is 7.11 Å². The Hall–Kier alpha value is -1.12. The molecule has 1 aromatic carbocycles. The van der Waals surface area contributed by atoms with Gasteiger partial charge in [-0.1, -0.05) is 49.9 Å². The van der Waals surface area contributed by atoms with Gasteiger partial charge in [0.25, 0.3) is 0 Å². The maximum absolute atomic E-state index is 7.00. The highest BCUT2D eigenvalue weighted by Crippen LogP contribution is 2.08. The SMILES string of the molecule is C=Cc1ccccc1.CC1CCNCC1.CO. The van der Waals surface area contributed by atoms with Gasteiger partial charge in [0.05, 0.1) is 0 Å². The first kappa shape index (κ1) is 15.9. The van der Waals surface area contributed by atoms with Crippen LogP contribution < -0.4 is 5.32 Å². The molecule has 0 saturated carbocycles. The van der Waals surface area contributed by atoms with Crippen LogP contribution in [0.3, 0.4) is 0 Å². The zero-order valence-corrected chi connectivity index (χ0v) is 11.0. The molecule has 1 heterocycles. The molecule has 1 aromatic rings. The first-order valence-corrected chi connectivity index (χ1v) is 6.16. The van der Waals surface area contributed by atoms with E-state index in [-0.39, 0.29) is 0 Å². The normalized spacial score (nSPS) is 14.8. The van der Waals surface area contributed by atoms with Gasteiger partial charge in [0.1, 0.15) is 0 Å². The number of benzene rings is 1. The van der Waals surface area contributed by atoms with E-state index >= 15 is 0 Å². The van der Waals surface area contributed by atoms with Gasteiger partial charge in [-0.3, -0.25) is 0 Å². The molecule has 0 radical (unpaired) electrons. The molecular formula is C15H25NO. The van der Waals surface area contributed by atoms with E-state index < -0.39 is 0 Å². The average molecular weight is 235 g/mol. The molecule has 0 spiro atoms. The predicted molar refractivity (Wildman–Crippen MR) is 75.9 cm³/mol. The first-order valence-electron chi connectivity index (χ1n) is 6.16. The Kier molecular flexibility index (Phi) is 10.6. The maximum Gasteiger partial charge on any atom is 0.0319 e. The number of aliphatic hydroxyl groups excluding tert-OH is 1. The lowest BCUT2D eigenvalue weighted by Gasteiger charge is -2.17. The highest BCUT2D eigenvalue weighted by molar-refractivity contribution is 5.45. The molecule has 0 unspecified atom stereocenters. The molecule has 1 aliphatic rings. The van der Waals surface area contributed by atoms with Crippen LogP contribution in [0.25, 0.3) is 6.08 Å². The van der Waals surface area contributed by atoms with E-state index in [4.69, 9.17) is 5.11 Å². The number of hydrogen-bond donors (Lipinski definition) is 2. The zero-order valence-electron chi connectivity index (χ0n) is 11.0. The van der Waals surface area contributed by atoms with Crippen LogP contribution in [0.5, 0.6) is 0 Å². The van der Waals surface area contributed by atoms with E-state index in [9.17, 15) is 0 Å². The molecule has 0 aromatic heterocycles. The van der Waals surface area contributed by atoms with Gasteiger partial charge in [-0.2, -0.15) is 0 Å². The molecule has 1 aliphatic heterocycles. The van der Waals surface area contributed by atoms with Gasteiger partial charge < -0.3 is 10.4 Å². The van der Waals surface area contributed by atoms with Crippen LogP contribution in [0, 0.1) is 5.92 Å². The number of aliphatic hydroxyl groups is 1. The summed E-state index contributed by atoms with van der Waals surface area (Å²) < 4.78 is 0. The summed E-state index contributed by atoms with van der Waals surface area (Å²) in [5, 5.41) is 10.3. The van der Waals surface area contributed by atoms with E-state index in [0.29, 0.717) is 0 Å². The van der Waals surface area contributed by atoms with Gasteiger partial charge in [0.2, 0.25) is 0 Å². The van der Waals surface area contributed by atoms with Crippen molar-refractivity contribution in [2.45, 2.75) is 19.8 Å². The second kappa shape index (κ2) is 11.4. The van der Waals surface area contributed by atoms with Crippen molar-refractivity contribution >= 4 is 6.08 Å². The first-order chi connectivity index (χ1) is 8.33. The Balaban J connectivity index is 0.000000265. The van der Waals surface area contributed by atoms with E-state index in [0.717, 1.165) is 13.0 Å². The summed E-state index contributed by atoms with van der Waals surface area (Å²) >= 11 is 0. The lowest BCUT2D eigenvalue weighted by Crippen LogP contribution is -2.26. The third-order valence-corrected chi connectivity index (χ3v) is 2.66. The van der Waals surface area contributed by atoms with E-state index in [1.807, 2.05) is 36.4 Å². The summed E-state index contributed by atoms with van der Waals surface area (Å²) in [5.41, 5.74) is 1.17. The van der Waals surface area contributed by atoms with Gasteiger partial charge in [-0.15, -0.1) is 0 Å². The molecule has 0 bridgehead atoms. The lowest BCUT2D eigenvalue weighted by molar-refractivity contribution is 0.399. The third kappa shape index (κ3) is 8.66. The largest absolute Gasteiger partial charge is 0.400 e. The minimum absolute atomic E-state index is 0.973. The summed E-state index contributed by atoms with van der Waals surface area (Å²) in [7, 11) is 1.00. The van der Waals surface area contributed by atoms with Gasteiger partial charge in [0.15, 0.2) is 0 Å². The topological polar surface area (TPSA) is 32.3 Å². The number of nitrogens with one attached hydrogen (secondary N) is 1. The molecule has 2 N–H and O–H groups in total. The minimum atomic E-state index is 0.973. The Morgan fingerprint density at radius 1 is 1.18 bits per heavy atom. The monoisotopic (exact) mass is 235 g/mol. The summed E-state index contributed by atoms with van der Waals surface area (Å²) in [4.78, 5) is 0. The number of piperidine rings is 1. The van der Waals surface area contributed by atoms with Crippen molar-refractivity contribution < 1.29 is 5.11 Å². The van der Waals surface area contributed by atoms with Crippen LogP contribution in [0.15, 0.2) is 36.9 Å². The Labute approximate surface area is 105 Å². The molecule has 0 aliphatic carbocycles. The molecule has 1 saturated heterocycles. The van der Waals surface area contributed by atoms with Crippen molar-refractivity contribution in [3.63, 3.8) is 0 Å². The molecule has 2 heteroatoms. The highest BCUT2D eigenvalue weighted by atomic mass is 16.2. The van der Waals surface area contributed by atoms with Crippen LogP contribution in [0.4, 0.5) is 0 Å². The fraction of sp³-hybridized carbons (Fsp3) is 0.467. The second-order valence-electron chi connectivity index (χ2n) is 4.05. The fourth-order valence-electron chi connectivity index (χ4n) is 1.56. The van der Waals surface area contributed by atoms with Crippen LogP contribution in [0.1, 0.15) is 25.3 Å². The summed E-state index contributed by atoms with van der Waals surface area (Å²) in [6, 6.07) is 10.0. The molecule has 96 valence electrons. The Morgan fingerprint density at radius 3 is 2.00 bits per heavy atom.